The van der Waals surface area contributed by atoms with Crippen LogP contribution in [0.3, 0.4) is 0 Å². The first kappa shape index (κ1) is 11.5. The number of hydrogen-bond donors (Lipinski definition) is 0. The van der Waals surface area contributed by atoms with Crippen molar-refractivity contribution in [2.45, 2.75) is 0 Å². The predicted octanol–water partition coefficient (Wildman–Crippen LogP) is 2.58. The van der Waals surface area contributed by atoms with Crippen LogP contribution in [0.2, 0.25) is 5.02 Å². The van der Waals surface area contributed by atoms with Crippen LogP contribution in [0, 0.1) is 0 Å². The summed E-state index contributed by atoms with van der Waals surface area (Å²) >= 11 is 5.88. The minimum absolute atomic E-state index is 0.220. The second-order valence-corrected chi connectivity index (χ2v) is 3.70. The van der Waals surface area contributed by atoms with Gasteiger partial charge in [-0.25, -0.2) is 14.8 Å². The van der Waals surface area contributed by atoms with Crippen molar-refractivity contribution in [1.29, 1.82) is 0 Å². The number of nitrogens with zero attached hydrogens (tertiary/aromatic N) is 2. The number of esters is 1. The number of halogens is 1. The van der Waals surface area contributed by atoms with E-state index in [0.717, 1.165) is 5.56 Å². The Balaban J connectivity index is 2.43. The average Bonchev–Trinajstić information content (AvgIpc) is 2.38. The maximum absolute atomic E-state index is 11.3. The van der Waals surface area contributed by atoms with Crippen molar-refractivity contribution in [2.75, 3.05) is 7.11 Å². The van der Waals surface area contributed by atoms with E-state index in [9.17, 15) is 4.79 Å². The van der Waals surface area contributed by atoms with E-state index in [-0.39, 0.29) is 5.69 Å². The molecule has 5 heteroatoms. The van der Waals surface area contributed by atoms with Crippen molar-refractivity contribution in [2.24, 2.45) is 0 Å². The van der Waals surface area contributed by atoms with Crippen molar-refractivity contribution in [1.82, 2.24) is 9.97 Å². The van der Waals surface area contributed by atoms with E-state index < -0.39 is 5.97 Å². The van der Waals surface area contributed by atoms with Crippen molar-refractivity contribution >= 4 is 17.6 Å². The number of ether oxygens (including phenoxy) is 1. The SMILES string of the molecule is COC(=O)c1ccnc(-c2cccc(Cl)c2)n1. The number of hydrogen-bond acceptors (Lipinski definition) is 4. The zero-order chi connectivity index (χ0) is 12.3. The average molecular weight is 249 g/mol. The molecule has 1 heterocycles. The van der Waals surface area contributed by atoms with Gasteiger partial charge in [0.1, 0.15) is 0 Å². The second kappa shape index (κ2) is 4.93. The Bertz CT molecular complexity index is 558. The van der Waals surface area contributed by atoms with Gasteiger partial charge in [0.25, 0.3) is 0 Å². The van der Waals surface area contributed by atoms with Gasteiger partial charge in [-0.2, -0.15) is 0 Å². The van der Waals surface area contributed by atoms with Crippen LogP contribution in [0.1, 0.15) is 10.5 Å². The molecule has 86 valence electrons. The van der Waals surface area contributed by atoms with E-state index in [4.69, 9.17) is 11.6 Å². The first-order chi connectivity index (χ1) is 8.20. The van der Waals surface area contributed by atoms with Gasteiger partial charge in [0.05, 0.1) is 7.11 Å². The molecular weight excluding hydrogens is 240 g/mol. The lowest BCUT2D eigenvalue weighted by Gasteiger charge is -2.02. The molecule has 2 rings (SSSR count). The van der Waals surface area contributed by atoms with Gasteiger partial charge in [-0.1, -0.05) is 23.7 Å². The summed E-state index contributed by atoms with van der Waals surface area (Å²) in [6, 6.07) is 8.61. The molecule has 0 atom stereocenters. The molecule has 0 saturated heterocycles. The van der Waals surface area contributed by atoms with E-state index >= 15 is 0 Å². The summed E-state index contributed by atoms with van der Waals surface area (Å²) in [5, 5.41) is 0.592. The summed E-state index contributed by atoms with van der Waals surface area (Å²) in [7, 11) is 1.31. The first-order valence-corrected chi connectivity index (χ1v) is 5.26. The Morgan fingerprint density at radius 3 is 2.88 bits per heavy atom. The fourth-order valence-electron chi connectivity index (χ4n) is 1.34. The Hall–Kier alpha value is -1.94. The predicted molar refractivity (Wildman–Crippen MR) is 63.8 cm³/mol. The molecule has 17 heavy (non-hydrogen) atoms. The molecule has 1 aromatic carbocycles. The molecule has 0 bridgehead atoms. The molecule has 0 N–H and O–H groups in total. The molecule has 0 aliphatic rings. The summed E-state index contributed by atoms with van der Waals surface area (Å²) < 4.78 is 4.60. The third-order valence-corrected chi connectivity index (χ3v) is 2.37. The summed E-state index contributed by atoms with van der Waals surface area (Å²) in [5.41, 5.74) is 0.973. The van der Waals surface area contributed by atoms with E-state index in [1.807, 2.05) is 6.07 Å². The summed E-state index contributed by atoms with van der Waals surface area (Å²) in [5.74, 6) is -0.0499. The van der Waals surface area contributed by atoms with Gasteiger partial charge < -0.3 is 4.74 Å². The molecule has 0 saturated carbocycles. The van der Waals surface area contributed by atoms with Crippen molar-refractivity contribution in [3.63, 3.8) is 0 Å². The van der Waals surface area contributed by atoms with E-state index in [0.29, 0.717) is 10.8 Å². The third kappa shape index (κ3) is 2.60. The lowest BCUT2D eigenvalue weighted by molar-refractivity contribution is 0.0594. The fourth-order valence-corrected chi connectivity index (χ4v) is 1.53. The molecule has 4 nitrogen and oxygen atoms in total. The van der Waals surface area contributed by atoms with Crippen LogP contribution in [0.15, 0.2) is 36.5 Å². The Kier molecular flexibility index (Phi) is 3.35. The maximum atomic E-state index is 11.3. The monoisotopic (exact) mass is 248 g/mol. The molecular formula is C12H9ClN2O2. The third-order valence-electron chi connectivity index (χ3n) is 2.13. The lowest BCUT2D eigenvalue weighted by Crippen LogP contribution is -2.05. The van der Waals surface area contributed by atoms with Gasteiger partial charge in [-0.15, -0.1) is 0 Å². The molecule has 1 aromatic heterocycles. The smallest absolute Gasteiger partial charge is 0.356 e. The number of carbonyl (C=O) groups is 1. The van der Waals surface area contributed by atoms with Crippen LogP contribution >= 0.6 is 11.6 Å². The largest absolute Gasteiger partial charge is 0.464 e. The van der Waals surface area contributed by atoms with Gasteiger partial charge in [0, 0.05) is 16.8 Å². The van der Waals surface area contributed by atoms with Gasteiger partial charge in [0.2, 0.25) is 0 Å². The normalized spacial score (nSPS) is 10.0. The quantitative estimate of drug-likeness (QED) is 0.767. The lowest BCUT2D eigenvalue weighted by atomic mass is 10.2. The first-order valence-electron chi connectivity index (χ1n) is 4.88. The summed E-state index contributed by atoms with van der Waals surface area (Å²) in [6.45, 7) is 0. The molecule has 0 unspecified atom stereocenters. The molecule has 0 aliphatic heterocycles. The number of carbonyl (C=O) groups excluding carboxylic acids is 1. The van der Waals surface area contributed by atoms with E-state index in [1.54, 1.807) is 18.2 Å². The zero-order valence-electron chi connectivity index (χ0n) is 9.05. The van der Waals surface area contributed by atoms with Crippen LogP contribution in [0.25, 0.3) is 11.4 Å². The number of methoxy groups -OCH3 is 1. The number of benzene rings is 1. The van der Waals surface area contributed by atoms with Crippen LogP contribution in [0.4, 0.5) is 0 Å². The molecule has 2 aromatic rings. The Labute approximate surface area is 103 Å². The van der Waals surface area contributed by atoms with Crippen molar-refractivity contribution in [3.8, 4) is 11.4 Å². The van der Waals surface area contributed by atoms with Gasteiger partial charge in [-0.3, -0.25) is 0 Å². The molecule has 0 aliphatic carbocycles. The van der Waals surface area contributed by atoms with E-state index in [1.165, 1.54) is 19.4 Å². The van der Waals surface area contributed by atoms with Gasteiger partial charge in [0.15, 0.2) is 11.5 Å². The zero-order valence-corrected chi connectivity index (χ0v) is 9.81. The van der Waals surface area contributed by atoms with Gasteiger partial charge in [-0.05, 0) is 18.2 Å². The minimum Gasteiger partial charge on any atom is -0.464 e. The van der Waals surface area contributed by atoms with Crippen molar-refractivity contribution in [3.05, 3.63) is 47.2 Å². The summed E-state index contributed by atoms with van der Waals surface area (Å²) in [4.78, 5) is 19.5. The minimum atomic E-state index is -0.490. The van der Waals surface area contributed by atoms with Crippen LogP contribution < -0.4 is 0 Å². The molecule has 0 fully saturated rings. The molecule has 0 amide bonds. The standard InChI is InChI=1S/C12H9ClN2O2/c1-17-12(16)10-5-6-14-11(15-10)8-3-2-4-9(13)7-8/h2-7H,1H3. The maximum Gasteiger partial charge on any atom is 0.356 e. The Morgan fingerprint density at radius 2 is 2.18 bits per heavy atom. The molecule has 0 radical (unpaired) electrons. The van der Waals surface area contributed by atoms with E-state index in [2.05, 4.69) is 14.7 Å². The van der Waals surface area contributed by atoms with Crippen LogP contribution in [-0.4, -0.2) is 23.0 Å². The highest BCUT2D eigenvalue weighted by Gasteiger charge is 2.09. The number of rotatable bonds is 2. The van der Waals surface area contributed by atoms with Crippen LogP contribution in [0.5, 0.6) is 0 Å². The highest BCUT2D eigenvalue weighted by molar-refractivity contribution is 6.30. The van der Waals surface area contributed by atoms with Gasteiger partial charge >= 0.3 is 5.97 Å². The second-order valence-electron chi connectivity index (χ2n) is 3.27. The van der Waals surface area contributed by atoms with Crippen LogP contribution in [-0.2, 0) is 4.74 Å². The summed E-state index contributed by atoms with van der Waals surface area (Å²) in [6.07, 6.45) is 1.51. The highest BCUT2D eigenvalue weighted by Crippen LogP contribution is 2.19. The van der Waals surface area contributed by atoms with Crippen molar-refractivity contribution < 1.29 is 9.53 Å². The highest BCUT2D eigenvalue weighted by atomic mass is 35.5. The number of aromatic nitrogens is 2. The topological polar surface area (TPSA) is 52.1 Å². The Morgan fingerprint density at radius 1 is 1.35 bits per heavy atom. The molecule has 0 spiro atoms. The fraction of sp³-hybridized carbons (Fsp3) is 0.0833.